The summed E-state index contributed by atoms with van der Waals surface area (Å²) in [5.74, 6) is 0.00854. The highest BCUT2D eigenvalue weighted by atomic mass is 32.2. The number of nitrogens with one attached hydrogen (secondary N) is 1. The van der Waals surface area contributed by atoms with Gasteiger partial charge in [-0.3, -0.25) is 4.90 Å². The van der Waals surface area contributed by atoms with Crippen LogP contribution in [-0.4, -0.2) is 45.2 Å². The van der Waals surface area contributed by atoms with Crippen LogP contribution in [0, 0.1) is 5.92 Å². The van der Waals surface area contributed by atoms with Gasteiger partial charge in [0.05, 0.1) is 12.8 Å². The molecule has 0 aromatic carbocycles. The van der Waals surface area contributed by atoms with Crippen molar-refractivity contribution in [2.24, 2.45) is 5.92 Å². The Hall–Kier alpha value is -1.06. The van der Waals surface area contributed by atoms with Crippen LogP contribution in [0.15, 0.2) is 27.9 Å². The third-order valence-electron chi connectivity index (χ3n) is 3.84. The Kier molecular flexibility index (Phi) is 5.18. The smallest absolute Gasteiger partial charge is 0.401 e. The first-order valence-electron chi connectivity index (χ1n) is 7.02. The molecule has 1 fully saturated rings. The molecule has 0 spiro atoms. The highest BCUT2D eigenvalue weighted by molar-refractivity contribution is 7.89. The average molecular weight is 340 g/mol. The number of sulfonamides is 1. The molecular formula is C13H19F3N2O3S. The van der Waals surface area contributed by atoms with Crippen LogP contribution in [0.1, 0.15) is 19.8 Å². The molecule has 126 valence electrons. The van der Waals surface area contributed by atoms with Crippen molar-refractivity contribution in [3.63, 3.8) is 0 Å². The minimum atomic E-state index is -4.20. The van der Waals surface area contributed by atoms with Crippen LogP contribution in [0.5, 0.6) is 0 Å². The summed E-state index contributed by atoms with van der Waals surface area (Å²) in [4.78, 5) is 1.35. The van der Waals surface area contributed by atoms with Crippen LogP contribution in [0.4, 0.5) is 13.2 Å². The van der Waals surface area contributed by atoms with Crippen LogP contribution in [-0.2, 0) is 10.0 Å². The standard InChI is InChI=1S/C13H19F3N2O3S/c1-10(17-22(19,20)12-3-2-8-21-12)11-4-6-18(7-5-11)9-13(14,15)16/h2-3,8,10-11,17H,4-7,9H2,1H3/t10-/m1/s1. The normalized spacial score (nSPS) is 20.2. The SMILES string of the molecule is C[C@@H](NS(=O)(=O)c1ccco1)C1CCN(CC(F)(F)F)CC1. The number of furan rings is 1. The van der Waals surface area contributed by atoms with E-state index in [0.717, 1.165) is 0 Å². The molecule has 0 saturated carbocycles. The highest BCUT2D eigenvalue weighted by Gasteiger charge is 2.34. The quantitative estimate of drug-likeness (QED) is 0.893. The monoisotopic (exact) mass is 340 g/mol. The van der Waals surface area contributed by atoms with E-state index in [-0.39, 0.29) is 17.1 Å². The van der Waals surface area contributed by atoms with Gasteiger partial charge in [-0.2, -0.15) is 13.2 Å². The second-order valence-electron chi connectivity index (χ2n) is 5.57. The number of alkyl halides is 3. The van der Waals surface area contributed by atoms with Crippen molar-refractivity contribution >= 4 is 10.0 Å². The van der Waals surface area contributed by atoms with Gasteiger partial charge in [0.15, 0.2) is 0 Å². The van der Waals surface area contributed by atoms with E-state index in [2.05, 4.69) is 4.72 Å². The molecule has 0 amide bonds. The number of nitrogens with zero attached hydrogens (tertiary/aromatic N) is 1. The number of rotatable bonds is 5. The summed E-state index contributed by atoms with van der Waals surface area (Å²) >= 11 is 0. The number of hydrogen-bond acceptors (Lipinski definition) is 4. The molecule has 5 nitrogen and oxygen atoms in total. The second-order valence-corrected chi connectivity index (χ2v) is 7.22. The third kappa shape index (κ3) is 4.72. The van der Waals surface area contributed by atoms with Gasteiger partial charge < -0.3 is 4.42 Å². The van der Waals surface area contributed by atoms with Gasteiger partial charge in [-0.05, 0) is 50.9 Å². The van der Waals surface area contributed by atoms with Crippen molar-refractivity contribution < 1.29 is 26.0 Å². The maximum absolute atomic E-state index is 12.3. The Labute approximate surface area is 127 Å². The Morgan fingerprint density at radius 3 is 2.55 bits per heavy atom. The first-order valence-corrected chi connectivity index (χ1v) is 8.50. The predicted molar refractivity (Wildman–Crippen MR) is 73.7 cm³/mol. The lowest BCUT2D eigenvalue weighted by molar-refractivity contribution is -0.148. The molecule has 2 heterocycles. The van der Waals surface area contributed by atoms with E-state index in [1.807, 2.05) is 0 Å². The van der Waals surface area contributed by atoms with Gasteiger partial charge in [-0.15, -0.1) is 0 Å². The van der Waals surface area contributed by atoms with E-state index in [0.29, 0.717) is 25.9 Å². The lowest BCUT2D eigenvalue weighted by Crippen LogP contribution is -2.45. The molecule has 9 heteroatoms. The van der Waals surface area contributed by atoms with Crippen LogP contribution in [0.3, 0.4) is 0 Å². The minimum absolute atomic E-state index is 0.00854. The second kappa shape index (κ2) is 6.59. The summed E-state index contributed by atoms with van der Waals surface area (Å²) in [6.45, 7) is 1.45. The fourth-order valence-electron chi connectivity index (χ4n) is 2.68. The largest absolute Gasteiger partial charge is 0.452 e. The van der Waals surface area contributed by atoms with Gasteiger partial charge in [0.2, 0.25) is 5.09 Å². The fourth-order valence-corrected chi connectivity index (χ4v) is 3.92. The van der Waals surface area contributed by atoms with Crippen LogP contribution < -0.4 is 4.72 Å². The number of piperidine rings is 1. The van der Waals surface area contributed by atoms with Crippen LogP contribution >= 0.6 is 0 Å². The first kappa shape index (κ1) is 17.3. The Morgan fingerprint density at radius 2 is 2.05 bits per heavy atom. The Bertz CT molecular complexity index is 564. The number of halogens is 3. The molecular weight excluding hydrogens is 321 g/mol. The lowest BCUT2D eigenvalue weighted by atomic mass is 9.91. The van der Waals surface area contributed by atoms with Crippen molar-refractivity contribution in [3.05, 3.63) is 18.4 Å². The molecule has 1 atom stereocenters. The topological polar surface area (TPSA) is 62.6 Å². The predicted octanol–water partition coefficient (Wildman–Crippen LogP) is 2.22. The summed E-state index contributed by atoms with van der Waals surface area (Å²) in [6, 6.07) is 2.47. The molecule has 1 aliphatic heterocycles. The summed E-state index contributed by atoms with van der Waals surface area (Å²) in [5, 5.41) is -0.158. The summed E-state index contributed by atoms with van der Waals surface area (Å²) in [7, 11) is -3.72. The van der Waals surface area contributed by atoms with Crippen molar-refractivity contribution in [1.82, 2.24) is 9.62 Å². The van der Waals surface area contributed by atoms with Gasteiger partial charge >= 0.3 is 6.18 Å². The van der Waals surface area contributed by atoms with E-state index in [4.69, 9.17) is 4.42 Å². The molecule has 2 rings (SSSR count). The van der Waals surface area contributed by atoms with Crippen molar-refractivity contribution in [2.75, 3.05) is 19.6 Å². The highest BCUT2D eigenvalue weighted by Crippen LogP contribution is 2.25. The van der Waals surface area contributed by atoms with Gasteiger partial charge in [-0.1, -0.05) is 0 Å². The van der Waals surface area contributed by atoms with Gasteiger partial charge in [0, 0.05) is 6.04 Å². The summed E-state index contributed by atoms with van der Waals surface area (Å²) in [5.41, 5.74) is 0. The number of likely N-dealkylation sites (tertiary alicyclic amines) is 1. The molecule has 0 aliphatic carbocycles. The molecule has 0 radical (unpaired) electrons. The Balaban J connectivity index is 1.86. The molecule has 0 bridgehead atoms. The van der Waals surface area contributed by atoms with Crippen molar-refractivity contribution in [2.45, 2.75) is 37.1 Å². The Morgan fingerprint density at radius 1 is 1.41 bits per heavy atom. The van der Waals surface area contributed by atoms with E-state index < -0.39 is 22.7 Å². The van der Waals surface area contributed by atoms with E-state index in [9.17, 15) is 21.6 Å². The molecule has 22 heavy (non-hydrogen) atoms. The molecule has 1 aromatic rings. The summed E-state index contributed by atoms with van der Waals surface area (Å²) < 4.78 is 68.5. The maximum Gasteiger partial charge on any atom is 0.401 e. The molecule has 1 saturated heterocycles. The van der Waals surface area contributed by atoms with Crippen LogP contribution in [0.2, 0.25) is 0 Å². The molecule has 0 unspecified atom stereocenters. The zero-order chi connectivity index (χ0) is 16.4. The summed E-state index contributed by atoms with van der Waals surface area (Å²) in [6.07, 6.45) is -1.87. The molecule has 1 N–H and O–H groups in total. The van der Waals surface area contributed by atoms with E-state index in [1.54, 1.807) is 6.92 Å². The zero-order valence-electron chi connectivity index (χ0n) is 12.1. The van der Waals surface area contributed by atoms with Gasteiger partial charge in [-0.25, -0.2) is 13.1 Å². The van der Waals surface area contributed by atoms with Gasteiger partial charge in [0.25, 0.3) is 10.0 Å². The van der Waals surface area contributed by atoms with Crippen molar-refractivity contribution in [3.8, 4) is 0 Å². The number of hydrogen-bond donors (Lipinski definition) is 1. The minimum Gasteiger partial charge on any atom is -0.452 e. The third-order valence-corrected chi connectivity index (χ3v) is 5.29. The average Bonchev–Trinajstić information content (AvgIpc) is 2.91. The van der Waals surface area contributed by atoms with Gasteiger partial charge in [0.1, 0.15) is 0 Å². The van der Waals surface area contributed by atoms with Crippen molar-refractivity contribution in [1.29, 1.82) is 0 Å². The molecule has 1 aliphatic rings. The zero-order valence-corrected chi connectivity index (χ0v) is 13.0. The molecule has 1 aromatic heterocycles. The van der Waals surface area contributed by atoms with E-state index in [1.165, 1.54) is 23.3 Å². The lowest BCUT2D eigenvalue weighted by Gasteiger charge is -2.35. The van der Waals surface area contributed by atoms with E-state index >= 15 is 0 Å². The maximum atomic E-state index is 12.3. The first-order chi connectivity index (χ1) is 10.2. The van der Waals surface area contributed by atoms with Crippen LogP contribution in [0.25, 0.3) is 0 Å². The fraction of sp³-hybridized carbons (Fsp3) is 0.692.